The van der Waals surface area contributed by atoms with E-state index in [0.29, 0.717) is 40.0 Å². The topological polar surface area (TPSA) is 59.7 Å². The van der Waals surface area contributed by atoms with E-state index in [2.05, 4.69) is 0 Å². The summed E-state index contributed by atoms with van der Waals surface area (Å²) >= 11 is 6.56. The number of hydrogen-bond acceptors (Lipinski definition) is 4. The molecule has 196 valence electrons. The Balaban J connectivity index is 1.51. The monoisotopic (exact) mass is 544 g/mol. The second-order valence-corrected chi connectivity index (χ2v) is 9.52. The van der Waals surface area contributed by atoms with Crippen molar-refractivity contribution >= 4 is 35.0 Å². The number of aromatic nitrogens is 2. The molecule has 0 aliphatic carbocycles. The fourth-order valence-electron chi connectivity index (χ4n) is 4.60. The summed E-state index contributed by atoms with van der Waals surface area (Å²) in [7, 11) is 0. The second kappa shape index (κ2) is 11.0. The molecule has 0 fully saturated rings. The van der Waals surface area contributed by atoms with E-state index in [1.165, 1.54) is 5.01 Å². The molecule has 0 atom stereocenters. The molecule has 0 unspecified atom stereocenters. The average molecular weight is 545 g/mol. The number of benzene rings is 4. The molecule has 1 aliphatic rings. The number of carbonyl (C=O) groups excluding carboxylic acids is 1. The quantitative estimate of drug-likeness (QED) is 0.200. The van der Waals surface area contributed by atoms with Crippen LogP contribution in [0.5, 0.6) is 5.75 Å². The van der Waals surface area contributed by atoms with Crippen LogP contribution in [0.15, 0.2) is 126 Å². The third-order valence-corrected chi connectivity index (χ3v) is 6.79. The Morgan fingerprint density at radius 2 is 1.48 bits per heavy atom. The van der Waals surface area contributed by atoms with Crippen LogP contribution >= 0.6 is 11.6 Å². The summed E-state index contributed by atoms with van der Waals surface area (Å²) in [6.07, 6.45) is 3.78. The van der Waals surface area contributed by atoms with E-state index in [1.54, 1.807) is 4.68 Å². The Hall–Kier alpha value is -4.94. The van der Waals surface area contributed by atoms with Crippen molar-refractivity contribution in [1.29, 1.82) is 0 Å². The first-order valence-electron chi connectivity index (χ1n) is 13.0. The number of amides is 1. The van der Waals surface area contributed by atoms with Crippen molar-refractivity contribution < 1.29 is 9.53 Å². The first-order chi connectivity index (χ1) is 19.6. The first kappa shape index (κ1) is 25.3. The van der Waals surface area contributed by atoms with Gasteiger partial charge in [0, 0.05) is 22.9 Å². The van der Waals surface area contributed by atoms with Crippen LogP contribution in [0.25, 0.3) is 23.0 Å². The van der Waals surface area contributed by atoms with Crippen LogP contribution in [0.2, 0.25) is 5.02 Å². The Morgan fingerprint density at radius 1 is 0.825 bits per heavy atom. The van der Waals surface area contributed by atoms with Crippen molar-refractivity contribution in [2.75, 3.05) is 11.6 Å². The Morgan fingerprint density at radius 3 is 2.12 bits per heavy atom. The maximum Gasteiger partial charge on any atom is 0.281 e. The summed E-state index contributed by atoms with van der Waals surface area (Å²) < 4.78 is 7.44. The molecule has 2 heterocycles. The summed E-state index contributed by atoms with van der Waals surface area (Å²) in [5, 5.41) is 11.6. The molecule has 6 rings (SSSR count). The van der Waals surface area contributed by atoms with Gasteiger partial charge in [0.05, 0.1) is 28.6 Å². The molecule has 1 aromatic heterocycles. The Kier molecular flexibility index (Phi) is 7.00. The number of anilines is 1. The van der Waals surface area contributed by atoms with Crippen molar-refractivity contribution in [2.24, 2.45) is 5.10 Å². The molecule has 0 spiro atoms. The lowest BCUT2D eigenvalue weighted by Gasteiger charge is -2.11. The van der Waals surface area contributed by atoms with E-state index in [1.807, 2.05) is 128 Å². The molecule has 0 N–H and O–H groups in total. The van der Waals surface area contributed by atoms with Crippen LogP contribution in [0.1, 0.15) is 18.1 Å². The van der Waals surface area contributed by atoms with E-state index in [0.717, 1.165) is 22.4 Å². The highest BCUT2D eigenvalue weighted by Crippen LogP contribution is 2.34. The number of halogens is 1. The molecule has 0 radical (unpaired) electrons. The standard InChI is InChI=1S/C33H25ClN4O2/c1-2-40-30-19-18-24(21-29(30)34)31-25(22-37(35-31)26-14-8-4-9-15-26)20-28-32(23-12-6-3-7-13-23)36-38(33(28)39)27-16-10-5-11-17-27/h3-22H,2H2,1H3/b28-20-. The van der Waals surface area contributed by atoms with Gasteiger partial charge in [0.2, 0.25) is 0 Å². The number of carbonyl (C=O) groups is 1. The van der Waals surface area contributed by atoms with Crippen molar-refractivity contribution in [1.82, 2.24) is 9.78 Å². The Labute approximate surface area is 237 Å². The maximum absolute atomic E-state index is 13.9. The molecule has 5 aromatic rings. The van der Waals surface area contributed by atoms with Gasteiger partial charge in [-0.15, -0.1) is 0 Å². The molecule has 40 heavy (non-hydrogen) atoms. The average Bonchev–Trinajstić information content (AvgIpc) is 3.57. The van der Waals surface area contributed by atoms with E-state index < -0.39 is 0 Å². The third kappa shape index (κ3) is 4.93. The number of para-hydroxylation sites is 2. The normalized spacial score (nSPS) is 14.1. The lowest BCUT2D eigenvalue weighted by molar-refractivity contribution is -0.114. The minimum Gasteiger partial charge on any atom is -0.492 e. The van der Waals surface area contributed by atoms with Gasteiger partial charge >= 0.3 is 0 Å². The predicted molar refractivity (Wildman–Crippen MR) is 160 cm³/mol. The van der Waals surface area contributed by atoms with Gasteiger partial charge in [0.1, 0.15) is 17.2 Å². The minimum atomic E-state index is -0.215. The fourth-order valence-corrected chi connectivity index (χ4v) is 4.84. The molecule has 6 nitrogen and oxygen atoms in total. The zero-order valence-corrected chi connectivity index (χ0v) is 22.5. The molecule has 0 bridgehead atoms. The van der Waals surface area contributed by atoms with E-state index in [9.17, 15) is 4.79 Å². The summed E-state index contributed by atoms with van der Waals surface area (Å²) in [5.74, 6) is 0.395. The van der Waals surface area contributed by atoms with Crippen molar-refractivity contribution in [3.63, 3.8) is 0 Å². The van der Waals surface area contributed by atoms with Crippen LogP contribution in [0.3, 0.4) is 0 Å². The van der Waals surface area contributed by atoms with Crippen LogP contribution < -0.4 is 9.75 Å². The maximum atomic E-state index is 13.9. The van der Waals surface area contributed by atoms with Crippen LogP contribution in [0.4, 0.5) is 5.69 Å². The molecule has 0 saturated carbocycles. The van der Waals surface area contributed by atoms with Crippen LogP contribution in [-0.2, 0) is 4.79 Å². The Bertz CT molecular complexity index is 1730. The number of hydrogen-bond donors (Lipinski definition) is 0. The van der Waals surface area contributed by atoms with Crippen LogP contribution in [-0.4, -0.2) is 28.0 Å². The molecule has 0 saturated heterocycles. The van der Waals surface area contributed by atoms with Gasteiger partial charge in [-0.25, -0.2) is 4.68 Å². The molecular weight excluding hydrogens is 520 g/mol. The summed E-state index contributed by atoms with van der Waals surface area (Å²) in [5.41, 5.74) is 5.75. The molecular formula is C33H25ClN4O2. The van der Waals surface area contributed by atoms with E-state index >= 15 is 0 Å². The van der Waals surface area contributed by atoms with Gasteiger partial charge in [-0.2, -0.15) is 15.2 Å². The van der Waals surface area contributed by atoms with E-state index in [4.69, 9.17) is 26.5 Å². The summed E-state index contributed by atoms with van der Waals surface area (Å²) in [6, 6.07) is 34.6. The largest absolute Gasteiger partial charge is 0.492 e. The van der Waals surface area contributed by atoms with Gasteiger partial charge < -0.3 is 4.74 Å². The van der Waals surface area contributed by atoms with Gasteiger partial charge in [0.25, 0.3) is 5.91 Å². The van der Waals surface area contributed by atoms with Crippen molar-refractivity contribution in [3.05, 3.63) is 137 Å². The van der Waals surface area contributed by atoms with Gasteiger partial charge in [0.15, 0.2) is 0 Å². The van der Waals surface area contributed by atoms with Crippen LogP contribution in [0, 0.1) is 0 Å². The van der Waals surface area contributed by atoms with E-state index in [-0.39, 0.29) is 5.91 Å². The lowest BCUT2D eigenvalue weighted by Crippen LogP contribution is -2.21. The molecule has 1 amide bonds. The van der Waals surface area contributed by atoms with Crippen molar-refractivity contribution in [3.8, 4) is 22.7 Å². The number of hydrazone groups is 1. The number of nitrogens with zero attached hydrogens (tertiary/aromatic N) is 4. The van der Waals surface area contributed by atoms with Gasteiger partial charge in [-0.3, -0.25) is 4.79 Å². The third-order valence-electron chi connectivity index (χ3n) is 6.49. The number of rotatable bonds is 7. The zero-order valence-electron chi connectivity index (χ0n) is 21.7. The SMILES string of the molecule is CCOc1ccc(-c2nn(-c3ccccc3)cc2/C=C2\C(=O)N(c3ccccc3)N=C2c2ccccc2)cc1Cl. The van der Waals surface area contributed by atoms with Gasteiger partial charge in [-0.1, -0.05) is 78.3 Å². The zero-order chi connectivity index (χ0) is 27.5. The lowest BCUT2D eigenvalue weighted by atomic mass is 9.99. The van der Waals surface area contributed by atoms with Crippen molar-refractivity contribution in [2.45, 2.75) is 6.92 Å². The summed E-state index contributed by atoms with van der Waals surface area (Å²) in [4.78, 5) is 13.9. The second-order valence-electron chi connectivity index (χ2n) is 9.12. The highest BCUT2D eigenvalue weighted by Gasteiger charge is 2.32. The fraction of sp³-hybridized carbons (Fsp3) is 0.0606. The van der Waals surface area contributed by atoms with Gasteiger partial charge in [-0.05, 0) is 55.5 Å². The number of ether oxygens (including phenoxy) is 1. The minimum absolute atomic E-state index is 0.215. The first-order valence-corrected chi connectivity index (χ1v) is 13.3. The predicted octanol–water partition coefficient (Wildman–Crippen LogP) is 7.43. The summed E-state index contributed by atoms with van der Waals surface area (Å²) in [6.45, 7) is 2.43. The highest BCUT2D eigenvalue weighted by atomic mass is 35.5. The molecule has 1 aliphatic heterocycles. The molecule has 4 aromatic carbocycles. The smallest absolute Gasteiger partial charge is 0.281 e. The molecule has 7 heteroatoms. The highest BCUT2D eigenvalue weighted by molar-refractivity contribution is 6.37.